The minimum absolute atomic E-state index is 0.427. The summed E-state index contributed by atoms with van der Waals surface area (Å²) in [7, 11) is 0. The van der Waals surface area contributed by atoms with Crippen LogP contribution in [-0.2, 0) is 10.5 Å². The van der Waals surface area contributed by atoms with Crippen molar-refractivity contribution >= 4 is 33.7 Å². The Bertz CT molecular complexity index is 346. The van der Waals surface area contributed by atoms with Crippen molar-refractivity contribution in [2.75, 3.05) is 5.75 Å². The summed E-state index contributed by atoms with van der Waals surface area (Å²) in [5, 5.41) is 8.59. The van der Waals surface area contributed by atoms with E-state index in [1.807, 2.05) is 24.3 Å². The van der Waals surface area contributed by atoms with E-state index in [9.17, 15) is 4.79 Å². The number of carboxylic acids is 1. The molecule has 0 saturated carbocycles. The molecule has 0 aliphatic carbocycles. The molecule has 82 valence electrons. The SMILES string of the molecule is N[C@H](CSCc1ccccc1Br)C(=O)O. The summed E-state index contributed by atoms with van der Waals surface area (Å²) in [6.45, 7) is 0. The number of halogens is 1. The zero-order chi connectivity index (χ0) is 11.3. The molecule has 0 amide bonds. The van der Waals surface area contributed by atoms with Crippen LogP contribution in [0.2, 0.25) is 0 Å². The molecule has 1 rings (SSSR count). The Morgan fingerprint density at radius 2 is 2.20 bits per heavy atom. The molecule has 3 nitrogen and oxygen atoms in total. The number of benzene rings is 1. The van der Waals surface area contributed by atoms with E-state index in [0.29, 0.717) is 5.75 Å². The Morgan fingerprint density at radius 3 is 2.80 bits per heavy atom. The molecule has 3 N–H and O–H groups in total. The summed E-state index contributed by atoms with van der Waals surface area (Å²) in [5.41, 5.74) is 6.54. The summed E-state index contributed by atoms with van der Waals surface area (Å²) in [6, 6.07) is 7.09. The Kier molecular flexibility index (Phi) is 5.14. The van der Waals surface area contributed by atoms with Gasteiger partial charge in [0.25, 0.3) is 0 Å². The quantitative estimate of drug-likeness (QED) is 0.871. The first-order valence-electron chi connectivity index (χ1n) is 4.41. The normalized spacial score (nSPS) is 12.4. The second-order valence-electron chi connectivity index (χ2n) is 3.05. The summed E-state index contributed by atoms with van der Waals surface area (Å²) < 4.78 is 1.04. The van der Waals surface area contributed by atoms with Crippen LogP contribution in [0.25, 0.3) is 0 Å². The molecule has 15 heavy (non-hydrogen) atoms. The van der Waals surface area contributed by atoms with Gasteiger partial charge in [-0.1, -0.05) is 34.1 Å². The molecule has 0 aromatic heterocycles. The third kappa shape index (κ3) is 4.24. The molecule has 1 aromatic carbocycles. The van der Waals surface area contributed by atoms with Gasteiger partial charge in [-0.15, -0.1) is 0 Å². The van der Waals surface area contributed by atoms with E-state index in [0.717, 1.165) is 15.8 Å². The van der Waals surface area contributed by atoms with Crippen LogP contribution in [0.15, 0.2) is 28.7 Å². The van der Waals surface area contributed by atoms with E-state index < -0.39 is 12.0 Å². The van der Waals surface area contributed by atoms with E-state index in [1.165, 1.54) is 11.8 Å². The van der Waals surface area contributed by atoms with Gasteiger partial charge in [0.05, 0.1) is 0 Å². The van der Waals surface area contributed by atoms with Crippen LogP contribution in [0, 0.1) is 0 Å². The number of rotatable bonds is 5. The van der Waals surface area contributed by atoms with E-state index in [2.05, 4.69) is 15.9 Å². The zero-order valence-electron chi connectivity index (χ0n) is 8.02. The molecule has 5 heteroatoms. The van der Waals surface area contributed by atoms with Gasteiger partial charge < -0.3 is 10.8 Å². The minimum atomic E-state index is -0.949. The fourth-order valence-corrected chi connectivity index (χ4v) is 2.58. The molecular formula is C10H12BrNO2S. The van der Waals surface area contributed by atoms with Crippen molar-refractivity contribution < 1.29 is 9.90 Å². The molecule has 0 unspecified atom stereocenters. The third-order valence-corrected chi connectivity index (χ3v) is 3.71. The topological polar surface area (TPSA) is 63.3 Å². The lowest BCUT2D eigenvalue weighted by atomic mass is 10.2. The second-order valence-corrected chi connectivity index (χ2v) is 4.94. The highest BCUT2D eigenvalue weighted by atomic mass is 79.9. The number of nitrogens with two attached hydrogens (primary N) is 1. The highest BCUT2D eigenvalue weighted by molar-refractivity contribution is 9.10. The number of thioether (sulfide) groups is 1. The smallest absolute Gasteiger partial charge is 0.321 e. The number of hydrogen-bond donors (Lipinski definition) is 2. The molecular weight excluding hydrogens is 278 g/mol. The molecule has 0 saturated heterocycles. The summed E-state index contributed by atoms with van der Waals surface area (Å²) >= 11 is 4.95. The van der Waals surface area contributed by atoms with E-state index >= 15 is 0 Å². The molecule has 1 atom stereocenters. The van der Waals surface area contributed by atoms with Crippen LogP contribution >= 0.6 is 27.7 Å². The van der Waals surface area contributed by atoms with Crippen LogP contribution in [0.5, 0.6) is 0 Å². The molecule has 0 radical (unpaired) electrons. The third-order valence-electron chi connectivity index (χ3n) is 1.83. The van der Waals surface area contributed by atoms with Crippen molar-refractivity contribution in [1.82, 2.24) is 0 Å². The Labute approximate surface area is 101 Å². The molecule has 0 spiro atoms. The summed E-state index contributed by atoms with van der Waals surface area (Å²) in [6.07, 6.45) is 0. The van der Waals surface area contributed by atoms with Crippen molar-refractivity contribution in [2.45, 2.75) is 11.8 Å². The molecule has 0 aliphatic rings. The highest BCUT2D eigenvalue weighted by Gasteiger charge is 2.11. The van der Waals surface area contributed by atoms with Gasteiger partial charge in [0.2, 0.25) is 0 Å². The van der Waals surface area contributed by atoms with Gasteiger partial charge in [-0.3, -0.25) is 4.79 Å². The molecule has 0 bridgehead atoms. The first-order valence-corrected chi connectivity index (χ1v) is 6.35. The van der Waals surface area contributed by atoms with Gasteiger partial charge in [-0.25, -0.2) is 0 Å². The lowest BCUT2D eigenvalue weighted by molar-refractivity contribution is -0.137. The van der Waals surface area contributed by atoms with E-state index in [-0.39, 0.29) is 0 Å². The minimum Gasteiger partial charge on any atom is -0.480 e. The Balaban J connectivity index is 2.38. The maximum absolute atomic E-state index is 10.5. The van der Waals surface area contributed by atoms with Crippen LogP contribution in [0.4, 0.5) is 0 Å². The van der Waals surface area contributed by atoms with Crippen molar-refractivity contribution in [2.24, 2.45) is 5.73 Å². The predicted molar refractivity (Wildman–Crippen MR) is 65.9 cm³/mol. The van der Waals surface area contributed by atoms with Crippen LogP contribution in [0.3, 0.4) is 0 Å². The molecule has 1 aromatic rings. The summed E-state index contributed by atoms with van der Waals surface area (Å²) in [4.78, 5) is 10.5. The maximum Gasteiger partial charge on any atom is 0.321 e. The number of carboxylic acid groups (broad SMARTS) is 1. The standard InChI is InChI=1S/C10H12BrNO2S/c11-8-4-2-1-3-7(8)5-15-6-9(12)10(13)14/h1-4,9H,5-6,12H2,(H,13,14)/t9-/m1/s1. The number of carbonyl (C=O) groups is 1. The van der Waals surface area contributed by atoms with Gasteiger partial charge in [0.1, 0.15) is 6.04 Å². The van der Waals surface area contributed by atoms with Crippen LogP contribution < -0.4 is 5.73 Å². The summed E-state index contributed by atoms with van der Waals surface area (Å²) in [5.74, 6) is 0.244. The Morgan fingerprint density at radius 1 is 1.53 bits per heavy atom. The monoisotopic (exact) mass is 289 g/mol. The predicted octanol–water partition coefficient (Wildman–Crippen LogP) is 2.09. The van der Waals surface area contributed by atoms with Crippen LogP contribution in [0.1, 0.15) is 5.56 Å². The average molecular weight is 290 g/mol. The first kappa shape index (κ1) is 12.5. The average Bonchev–Trinajstić information content (AvgIpc) is 2.20. The number of hydrogen-bond acceptors (Lipinski definition) is 3. The van der Waals surface area contributed by atoms with Crippen LogP contribution in [-0.4, -0.2) is 22.9 Å². The van der Waals surface area contributed by atoms with Crippen molar-refractivity contribution in [3.05, 3.63) is 34.3 Å². The maximum atomic E-state index is 10.5. The van der Waals surface area contributed by atoms with Gasteiger partial charge in [0.15, 0.2) is 0 Å². The van der Waals surface area contributed by atoms with Gasteiger partial charge >= 0.3 is 5.97 Å². The fraction of sp³-hybridized carbons (Fsp3) is 0.300. The van der Waals surface area contributed by atoms with E-state index in [4.69, 9.17) is 10.8 Å². The van der Waals surface area contributed by atoms with Crippen molar-refractivity contribution in [3.63, 3.8) is 0 Å². The lowest BCUT2D eigenvalue weighted by Gasteiger charge is -2.07. The largest absolute Gasteiger partial charge is 0.480 e. The fourth-order valence-electron chi connectivity index (χ4n) is 0.983. The first-order chi connectivity index (χ1) is 7.11. The van der Waals surface area contributed by atoms with E-state index in [1.54, 1.807) is 0 Å². The highest BCUT2D eigenvalue weighted by Crippen LogP contribution is 2.21. The van der Waals surface area contributed by atoms with Gasteiger partial charge in [-0.2, -0.15) is 11.8 Å². The number of aliphatic carboxylic acids is 1. The van der Waals surface area contributed by atoms with Gasteiger partial charge in [0, 0.05) is 16.0 Å². The van der Waals surface area contributed by atoms with Crippen molar-refractivity contribution in [1.29, 1.82) is 0 Å². The second kappa shape index (κ2) is 6.15. The lowest BCUT2D eigenvalue weighted by Crippen LogP contribution is -2.32. The van der Waals surface area contributed by atoms with Crippen molar-refractivity contribution in [3.8, 4) is 0 Å². The van der Waals surface area contributed by atoms with Gasteiger partial charge in [-0.05, 0) is 11.6 Å². The molecule has 0 aliphatic heterocycles. The molecule has 0 heterocycles. The Hall–Kier alpha value is -0.520. The molecule has 0 fully saturated rings. The zero-order valence-corrected chi connectivity index (χ0v) is 10.4.